The molecule has 0 spiro atoms. The van der Waals surface area contributed by atoms with E-state index in [2.05, 4.69) is 5.32 Å². The molecule has 1 aromatic rings. The first-order valence-electron chi connectivity index (χ1n) is 13.0. The fourth-order valence-electron chi connectivity index (χ4n) is 4.67. The molecule has 5 atom stereocenters. The van der Waals surface area contributed by atoms with E-state index in [0.29, 0.717) is 19.1 Å². The molecule has 1 fully saturated rings. The first-order chi connectivity index (χ1) is 17.5. The normalized spacial score (nSPS) is 24.3. The largest absolute Gasteiger partial charge is 0.507 e. The molecule has 0 bridgehead atoms. The van der Waals surface area contributed by atoms with E-state index in [1.807, 2.05) is 20.8 Å². The van der Waals surface area contributed by atoms with Crippen molar-refractivity contribution >= 4 is 29.9 Å². The van der Waals surface area contributed by atoms with Gasteiger partial charge >= 0.3 is 11.9 Å². The van der Waals surface area contributed by atoms with Crippen molar-refractivity contribution in [2.24, 2.45) is 17.8 Å². The number of ether oxygens (including phenoxy) is 2. The van der Waals surface area contributed by atoms with Crippen LogP contribution in [-0.2, 0) is 35.1 Å². The van der Waals surface area contributed by atoms with E-state index < -0.39 is 47.9 Å². The van der Waals surface area contributed by atoms with Crippen LogP contribution < -0.4 is 5.32 Å². The highest BCUT2D eigenvalue weighted by atomic mass is 16.6. The summed E-state index contributed by atoms with van der Waals surface area (Å²) in [5.74, 6) is -3.55. The molecule has 1 aliphatic heterocycles. The molecule has 0 unspecified atom stereocenters. The minimum absolute atomic E-state index is 0.0139. The van der Waals surface area contributed by atoms with Gasteiger partial charge in [0.1, 0.15) is 30.0 Å². The number of unbranched alkanes of at least 4 members (excludes halogenated alkanes) is 1. The van der Waals surface area contributed by atoms with Gasteiger partial charge in [0.15, 0.2) is 6.04 Å². The molecule has 0 saturated carbocycles. The van der Waals surface area contributed by atoms with Gasteiger partial charge in [-0.2, -0.15) is 0 Å². The smallest absolute Gasteiger partial charge is 0.332 e. The molecule has 1 amide bonds. The number of esters is 2. The summed E-state index contributed by atoms with van der Waals surface area (Å²) in [5, 5.41) is 12.9. The van der Waals surface area contributed by atoms with Crippen LogP contribution in [0, 0.1) is 17.8 Å². The number of rotatable bonds is 11. The van der Waals surface area contributed by atoms with E-state index in [1.165, 1.54) is 25.1 Å². The van der Waals surface area contributed by atoms with Crippen molar-refractivity contribution in [2.75, 3.05) is 0 Å². The second-order valence-corrected chi connectivity index (χ2v) is 10.2. The first kappa shape index (κ1) is 30.0. The summed E-state index contributed by atoms with van der Waals surface area (Å²) >= 11 is 0. The first-order valence-corrected chi connectivity index (χ1v) is 13.0. The van der Waals surface area contributed by atoms with E-state index in [9.17, 15) is 29.1 Å². The lowest BCUT2D eigenvalue weighted by molar-refractivity contribution is -0.157. The maximum atomic E-state index is 13.3. The third kappa shape index (κ3) is 8.13. The molecular weight excluding hydrogens is 478 g/mol. The molecule has 204 valence electrons. The number of ketones is 1. The number of hydrogen-bond donors (Lipinski definition) is 2. The van der Waals surface area contributed by atoms with Gasteiger partial charge in [0.05, 0.1) is 11.5 Å². The average molecular weight is 518 g/mol. The molecule has 0 aromatic heterocycles. The lowest BCUT2D eigenvalue weighted by Crippen LogP contribution is -2.50. The third-order valence-electron chi connectivity index (χ3n) is 6.67. The summed E-state index contributed by atoms with van der Waals surface area (Å²) in [7, 11) is 0. The molecule has 9 nitrogen and oxygen atoms in total. The number of amides is 1. The zero-order chi connectivity index (χ0) is 27.7. The van der Waals surface area contributed by atoms with Gasteiger partial charge in [-0.3, -0.25) is 14.4 Å². The molecular formula is C28H39NO8. The Hall–Kier alpha value is -3.23. The van der Waals surface area contributed by atoms with Crippen LogP contribution in [0.1, 0.15) is 82.6 Å². The van der Waals surface area contributed by atoms with Crippen molar-refractivity contribution in [1.29, 1.82) is 0 Å². The lowest BCUT2D eigenvalue weighted by Gasteiger charge is -2.29. The Balaban J connectivity index is 2.34. The zero-order valence-electron chi connectivity index (χ0n) is 22.3. The summed E-state index contributed by atoms with van der Waals surface area (Å²) in [5.41, 5.74) is 0.136. The highest BCUT2D eigenvalue weighted by Crippen LogP contribution is 2.32. The van der Waals surface area contributed by atoms with Crippen LogP contribution in [-0.4, -0.2) is 53.3 Å². The van der Waals surface area contributed by atoms with Crippen LogP contribution in [0.3, 0.4) is 0 Å². The number of aromatic hydroxyl groups is 1. The number of Topliss-reactive ketones (excluding diaryl/α,β-unsaturated/α-hetero) is 1. The highest BCUT2D eigenvalue weighted by Gasteiger charge is 2.42. The highest BCUT2D eigenvalue weighted by molar-refractivity contribution is 5.99. The minimum atomic E-state index is -1.34. The molecule has 37 heavy (non-hydrogen) atoms. The Morgan fingerprint density at radius 2 is 1.78 bits per heavy atom. The lowest BCUT2D eigenvalue weighted by atomic mass is 9.80. The quantitative estimate of drug-likeness (QED) is 0.336. The molecule has 1 heterocycles. The number of para-hydroxylation sites is 1. The van der Waals surface area contributed by atoms with Gasteiger partial charge in [-0.15, -0.1) is 0 Å². The Labute approximate surface area is 218 Å². The summed E-state index contributed by atoms with van der Waals surface area (Å²) in [6.45, 7) is 9.01. The van der Waals surface area contributed by atoms with Crippen molar-refractivity contribution in [3.8, 4) is 5.75 Å². The third-order valence-corrected chi connectivity index (χ3v) is 6.67. The van der Waals surface area contributed by atoms with E-state index >= 15 is 0 Å². The van der Waals surface area contributed by atoms with Crippen LogP contribution in [0.2, 0.25) is 0 Å². The predicted octanol–water partition coefficient (Wildman–Crippen LogP) is 3.54. The number of aldehydes is 1. The second-order valence-electron chi connectivity index (χ2n) is 10.2. The van der Waals surface area contributed by atoms with Gasteiger partial charge in [-0.1, -0.05) is 45.7 Å². The number of carbonyl (C=O) groups excluding carboxylic acids is 5. The van der Waals surface area contributed by atoms with Crippen LogP contribution in [0.15, 0.2) is 18.2 Å². The summed E-state index contributed by atoms with van der Waals surface area (Å²) in [6, 6.07) is 3.04. The fourth-order valence-corrected chi connectivity index (χ4v) is 4.67. The van der Waals surface area contributed by atoms with Crippen molar-refractivity contribution in [1.82, 2.24) is 5.32 Å². The Bertz CT molecular complexity index is 988. The number of benzene rings is 1. The topological polar surface area (TPSA) is 136 Å². The van der Waals surface area contributed by atoms with Gasteiger partial charge in [0.25, 0.3) is 5.91 Å². The van der Waals surface area contributed by atoms with Crippen molar-refractivity contribution < 1.29 is 38.6 Å². The maximum Gasteiger partial charge on any atom is 0.332 e. The number of hydrogen-bond acceptors (Lipinski definition) is 8. The number of phenolic OH excluding ortho intramolecular Hbond substituents is 1. The monoisotopic (exact) mass is 517 g/mol. The van der Waals surface area contributed by atoms with E-state index in [1.54, 1.807) is 6.92 Å². The number of cyclic esters (lactones) is 2. The average Bonchev–Trinajstić information content (AvgIpc) is 2.84. The van der Waals surface area contributed by atoms with Crippen LogP contribution in [0.5, 0.6) is 5.75 Å². The second kappa shape index (κ2) is 13.9. The standard InChI is InChI=1S/C28H39NO8/c1-6-7-10-21-23(15-20(31)14-16(2)3)17(4)36-28(35)24(18(5)37-27(21)34)29-26(33)22-11-8-9-19(12-13-30)25(22)32/h8-9,11,13,16-18,21,23-24,32H,6-7,10,12,14-15H2,1-5H3,(H,29,33)/t17-,18+,21+,23-,24-/m0/s1. The van der Waals surface area contributed by atoms with E-state index in [4.69, 9.17) is 9.47 Å². The Morgan fingerprint density at radius 3 is 2.41 bits per heavy atom. The van der Waals surface area contributed by atoms with Gasteiger partial charge in [-0.05, 0) is 32.3 Å². The molecule has 9 heteroatoms. The van der Waals surface area contributed by atoms with Gasteiger partial charge in [0, 0.05) is 30.7 Å². The van der Waals surface area contributed by atoms with Crippen LogP contribution >= 0.6 is 0 Å². The molecule has 2 rings (SSSR count). The number of phenols is 1. The predicted molar refractivity (Wildman–Crippen MR) is 136 cm³/mol. The van der Waals surface area contributed by atoms with E-state index in [-0.39, 0.29) is 41.4 Å². The molecule has 1 aliphatic rings. The summed E-state index contributed by atoms with van der Waals surface area (Å²) in [4.78, 5) is 63.0. The minimum Gasteiger partial charge on any atom is -0.507 e. The summed E-state index contributed by atoms with van der Waals surface area (Å²) in [6.07, 6.45) is 1.18. The van der Waals surface area contributed by atoms with Gasteiger partial charge in [-0.25, -0.2) is 4.79 Å². The maximum absolute atomic E-state index is 13.3. The zero-order valence-corrected chi connectivity index (χ0v) is 22.3. The fraction of sp³-hybridized carbons (Fsp3) is 0.607. The Morgan fingerprint density at radius 1 is 1.11 bits per heavy atom. The van der Waals surface area contributed by atoms with Gasteiger partial charge in [0.2, 0.25) is 0 Å². The Kier molecular flexibility index (Phi) is 11.3. The van der Waals surface area contributed by atoms with Gasteiger partial charge < -0.3 is 24.7 Å². The summed E-state index contributed by atoms with van der Waals surface area (Å²) < 4.78 is 11.4. The number of carbonyl (C=O) groups is 5. The molecule has 0 aliphatic carbocycles. The van der Waals surface area contributed by atoms with Crippen LogP contribution in [0.25, 0.3) is 0 Å². The van der Waals surface area contributed by atoms with E-state index in [0.717, 1.165) is 12.8 Å². The molecule has 1 saturated heterocycles. The number of nitrogens with one attached hydrogen (secondary N) is 1. The SMILES string of the molecule is CCCC[C@H]1C(=O)O[C@H](C)[C@H](NC(=O)c2cccc(CC=O)c2O)C(=O)O[C@@H](C)[C@@H]1CC(=O)CC(C)C. The molecule has 2 N–H and O–H groups in total. The molecule has 1 aromatic carbocycles. The van der Waals surface area contributed by atoms with Crippen LogP contribution in [0.4, 0.5) is 0 Å². The molecule has 0 radical (unpaired) electrons. The van der Waals surface area contributed by atoms with Crippen molar-refractivity contribution in [3.05, 3.63) is 29.3 Å². The van der Waals surface area contributed by atoms with Crippen molar-refractivity contribution in [3.63, 3.8) is 0 Å². The van der Waals surface area contributed by atoms with Crippen molar-refractivity contribution in [2.45, 2.75) is 91.4 Å².